The predicted molar refractivity (Wildman–Crippen MR) is 102 cm³/mol. The molecule has 1 aliphatic heterocycles. The molecule has 1 atom stereocenters. The second kappa shape index (κ2) is 8.52. The van der Waals surface area contributed by atoms with Gasteiger partial charge in [0.2, 0.25) is 0 Å². The molecule has 5 nitrogen and oxygen atoms in total. The van der Waals surface area contributed by atoms with Crippen LogP contribution in [0.5, 0.6) is 5.75 Å². The predicted octanol–water partition coefficient (Wildman–Crippen LogP) is 3.16. The van der Waals surface area contributed by atoms with Crippen molar-refractivity contribution in [2.75, 3.05) is 26.2 Å². The molecule has 1 aromatic heterocycles. The van der Waals surface area contributed by atoms with Crippen molar-refractivity contribution < 1.29 is 9.53 Å². The minimum Gasteiger partial charge on any atom is -0.479 e. The number of pyridine rings is 1. The molecular weight excluding hydrogens is 350 g/mol. The summed E-state index contributed by atoms with van der Waals surface area (Å²) in [5.74, 6) is 0.561. The Morgan fingerprint density at radius 2 is 2.04 bits per heavy atom. The molecule has 0 radical (unpaired) electrons. The molecule has 0 bridgehead atoms. The van der Waals surface area contributed by atoms with E-state index in [0.29, 0.717) is 23.9 Å². The first-order valence-electron chi connectivity index (χ1n) is 8.86. The number of hydrogen-bond donors (Lipinski definition) is 0. The van der Waals surface area contributed by atoms with E-state index in [1.807, 2.05) is 36.2 Å². The Hall–Kier alpha value is -2.11. The molecule has 2 aromatic rings. The van der Waals surface area contributed by atoms with Crippen molar-refractivity contribution in [1.82, 2.24) is 14.8 Å². The molecule has 0 aliphatic carbocycles. The fraction of sp³-hybridized carbons (Fsp3) is 0.400. The lowest BCUT2D eigenvalue weighted by atomic mass is 10.2. The van der Waals surface area contributed by atoms with E-state index in [9.17, 15) is 4.79 Å². The van der Waals surface area contributed by atoms with Crippen LogP contribution in [0.15, 0.2) is 42.7 Å². The smallest absolute Gasteiger partial charge is 0.263 e. The van der Waals surface area contributed by atoms with Crippen LogP contribution in [0.3, 0.4) is 0 Å². The summed E-state index contributed by atoms with van der Waals surface area (Å²) in [6, 6.07) is 9.60. The van der Waals surface area contributed by atoms with Crippen LogP contribution >= 0.6 is 11.6 Å². The third-order valence-electron chi connectivity index (χ3n) is 4.55. The molecule has 1 aliphatic rings. The van der Waals surface area contributed by atoms with E-state index in [2.05, 4.69) is 16.0 Å². The first-order chi connectivity index (χ1) is 12.5. The minimum absolute atomic E-state index is 0.00333. The van der Waals surface area contributed by atoms with Crippen LogP contribution < -0.4 is 4.74 Å². The summed E-state index contributed by atoms with van der Waals surface area (Å²) in [6.45, 7) is 7.71. The maximum Gasteiger partial charge on any atom is 0.263 e. The lowest BCUT2D eigenvalue weighted by Crippen LogP contribution is -2.51. The van der Waals surface area contributed by atoms with Crippen molar-refractivity contribution in [2.24, 2.45) is 0 Å². The summed E-state index contributed by atoms with van der Waals surface area (Å²) in [4.78, 5) is 21.1. The lowest BCUT2D eigenvalue weighted by Gasteiger charge is -2.35. The van der Waals surface area contributed by atoms with E-state index in [0.717, 1.165) is 25.2 Å². The average Bonchev–Trinajstić information content (AvgIpc) is 2.65. The topological polar surface area (TPSA) is 45.7 Å². The van der Waals surface area contributed by atoms with Crippen LogP contribution in [-0.4, -0.2) is 53.0 Å². The fourth-order valence-electron chi connectivity index (χ4n) is 3.08. The highest BCUT2D eigenvalue weighted by Crippen LogP contribution is 2.26. The number of carbonyl (C=O) groups is 1. The molecule has 26 heavy (non-hydrogen) atoms. The number of hydrogen-bond acceptors (Lipinski definition) is 4. The van der Waals surface area contributed by atoms with Crippen LogP contribution in [0, 0.1) is 6.92 Å². The Kier molecular flexibility index (Phi) is 6.12. The van der Waals surface area contributed by atoms with Crippen LogP contribution in [0.4, 0.5) is 0 Å². The molecule has 3 rings (SSSR count). The molecule has 1 unspecified atom stereocenters. The summed E-state index contributed by atoms with van der Waals surface area (Å²) in [5, 5.41) is 0.525. The SMILES string of the molecule is Cc1ccc(Cl)c(OC(C)C(=O)N2CCN(Cc3cccnc3)CC2)c1. The number of halogens is 1. The van der Waals surface area contributed by atoms with Crippen molar-refractivity contribution in [3.05, 3.63) is 58.9 Å². The largest absolute Gasteiger partial charge is 0.479 e. The van der Waals surface area contributed by atoms with Crippen molar-refractivity contribution in [3.63, 3.8) is 0 Å². The Labute approximate surface area is 159 Å². The fourth-order valence-corrected chi connectivity index (χ4v) is 3.24. The number of aromatic nitrogens is 1. The number of nitrogens with zero attached hydrogens (tertiary/aromatic N) is 3. The first-order valence-corrected chi connectivity index (χ1v) is 9.23. The molecule has 1 aromatic carbocycles. The van der Waals surface area contributed by atoms with Gasteiger partial charge in [0.1, 0.15) is 5.75 Å². The second-order valence-electron chi connectivity index (χ2n) is 6.66. The van der Waals surface area contributed by atoms with E-state index >= 15 is 0 Å². The maximum absolute atomic E-state index is 12.7. The third-order valence-corrected chi connectivity index (χ3v) is 4.86. The molecule has 0 spiro atoms. The monoisotopic (exact) mass is 373 g/mol. The van der Waals surface area contributed by atoms with Crippen LogP contribution in [0.1, 0.15) is 18.1 Å². The van der Waals surface area contributed by atoms with E-state index in [1.165, 1.54) is 5.56 Å². The molecule has 0 N–H and O–H groups in total. The molecule has 0 saturated carbocycles. The van der Waals surface area contributed by atoms with Crippen LogP contribution in [0.2, 0.25) is 5.02 Å². The van der Waals surface area contributed by atoms with Gasteiger partial charge in [-0.25, -0.2) is 0 Å². The molecule has 2 heterocycles. The average molecular weight is 374 g/mol. The van der Waals surface area contributed by atoms with Gasteiger partial charge >= 0.3 is 0 Å². The third kappa shape index (κ3) is 4.74. The van der Waals surface area contributed by atoms with Crippen molar-refractivity contribution >= 4 is 17.5 Å². The highest BCUT2D eigenvalue weighted by Gasteiger charge is 2.26. The zero-order valence-corrected chi connectivity index (χ0v) is 15.9. The highest BCUT2D eigenvalue weighted by molar-refractivity contribution is 6.32. The summed E-state index contributed by atoms with van der Waals surface area (Å²) in [5.41, 5.74) is 2.24. The van der Waals surface area contributed by atoms with Gasteiger partial charge in [-0.1, -0.05) is 23.7 Å². The normalized spacial score (nSPS) is 16.3. The van der Waals surface area contributed by atoms with Gasteiger partial charge in [0.25, 0.3) is 5.91 Å². The molecule has 1 amide bonds. The Morgan fingerprint density at radius 3 is 2.73 bits per heavy atom. The zero-order valence-electron chi connectivity index (χ0n) is 15.2. The molecule has 1 saturated heterocycles. The van der Waals surface area contributed by atoms with Gasteiger partial charge in [0.05, 0.1) is 5.02 Å². The summed E-state index contributed by atoms with van der Waals surface area (Å²) < 4.78 is 5.82. The number of amides is 1. The van der Waals surface area contributed by atoms with E-state index in [1.54, 1.807) is 19.2 Å². The molecule has 6 heteroatoms. The first kappa shape index (κ1) is 18.7. The highest BCUT2D eigenvalue weighted by atomic mass is 35.5. The van der Waals surface area contributed by atoms with Gasteiger partial charge in [0, 0.05) is 45.1 Å². The number of rotatable bonds is 5. The zero-order chi connectivity index (χ0) is 18.5. The van der Waals surface area contributed by atoms with E-state index in [-0.39, 0.29) is 5.91 Å². The number of ether oxygens (including phenoxy) is 1. The van der Waals surface area contributed by atoms with Crippen LogP contribution in [0.25, 0.3) is 0 Å². The summed E-state index contributed by atoms with van der Waals surface area (Å²) >= 11 is 6.17. The Bertz CT molecular complexity index is 746. The number of benzene rings is 1. The van der Waals surface area contributed by atoms with Gasteiger partial charge in [0.15, 0.2) is 6.10 Å². The van der Waals surface area contributed by atoms with Crippen LogP contribution in [-0.2, 0) is 11.3 Å². The second-order valence-corrected chi connectivity index (χ2v) is 7.06. The van der Waals surface area contributed by atoms with Gasteiger partial charge < -0.3 is 9.64 Å². The molecule has 1 fully saturated rings. The molecular formula is C20H24ClN3O2. The standard InChI is InChI=1S/C20H24ClN3O2/c1-15-5-6-18(21)19(12-15)26-16(2)20(25)24-10-8-23(9-11-24)14-17-4-3-7-22-13-17/h3-7,12-13,16H,8-11,14H2,1-2H3. The number of piperazine rings is 1. The summed E-state index contributed by atoms with van der Waals surface area (Å²) in [6.07, 6.45) is 3.11. The van der Waals surface area contributed by atoms with Gasteiger partial charge in [-0.15, -0.1) is 0 Å². The van der Waals surface area contributed by atoms with Gasteiger partial charge in [-0.2, -0.15) is 0 Å². The summed E-state index contributed by atoms with van der Waals surface area (Å²) in [7, 11) is 0. The number of aryl methyl sites for hydroxylation is 1. The lowest BCUT2D eigenvalue weighted by molar-refractivity contribution is -0.139. The van der Waals surface area contributed by atoms with Crippen molar-refractivity contribution in [1.29, 1.82) is 0 Å². The van der Waals surface area contributed by atoms with Gasteiger partial charge in [-0.05, 0) is 43.2 Å². The quantitative estimate of drug-likeness (QED) is 0.807. The molecule has 138 valence electrons. The minimum atomic E-state index is -0.556. The van der Waals surface area contributed by atoms with Gasteiger partial charge in [-0.3, -0.25) is 14.7 Å². The maximum atomic E-state index is 12.7. The van der Waals surface area contributed by atoms with E-state index in [4.69, 9.17) is 16.3 Å². The van der Waals surface area contributed by atoms with E-state index < -0.39 is 6.10 Å². The Morgan fingerprint density at radius 1 is 1.27 bits per heavy atom. The van der Waals surface area contributed by atoms with Crippen molar-refractivity contribution in [2.45, 2.75) is 26.5 Å². The Balaban J connectivity index is 1.52. The number of carbonyl (C=O) groups excluding carboxylic acids is 1. The van der Waals surface area contributed by atoms with Crippen molar-refractivity contribution in [3.8, 4) is 5.75 Å².